The molecule has 0 amide bonds. The van der Waals surface area contributed by atoms with Gasteiger partial charge in [-0.3, -0.25) is 14.2 Å². The topological polar surface area (TPSA) is 79.1 Å². The average molecular weight is 623 g/mol. The Morgan fingerprint density at radius 1 is 1.00 bits per heavy atom. The molecule has 2 heterocycles. The van der Waals surface area contributed by atoms with Gasteiger partial charge in [0.25, 0.3) is 5.56 Å². The van der Waals surface area contributed by atoms with Crippen molar-refractivity contribution in [3.05, 3.63) is 132 Å². The molecular formula is C36H31FN2O5S. The predicted octanol–water partition coefficient (Wildman–Crippen LogP) is 6.10. The van der Waals surface area contributed by atoms with E-state index in [1.807, 2.05) is 55.5 Å². The minimum absolute atomic E-state index is 0.164. The van der Waals surface area contributed by atoms with Crippen molar-refractivity contribution in [1.82, 2.24) is 4.57 Å². The first-order chi connectivity index (χ1) is 21.8. The molecule has 228 valence electrons. The van der Waals surface area contributed by atoms with E-state index in [1.165, 1.54) is 30.4 Å². The van der Waals surface area contributed by atoms with Crippen molar-refractivity contribution in [1.29, 1.82) is 0 Å². The number of ether oxygens (including phenoxy) is 3. The normalized spacial score (nSPS) is 14.7. The monoisotopic (exact) mass is 622 g/mol. The Morgan fingerprint density at radius 3 is 2.49 bits per heavy atom. The second kappa shape index (κ2) is 12.5. The van der Waals surface area contributed by atoms with E-state index in [2.05, 4.69) is 0 Å². The Labute approximate surface area is 263 Å². The fraction of sp³-hybridized carbons (Fsp3) is 0.194. The van der Waals surface area contributed by atoms with Crippen LogP contribution in [-0.4, -0.2) is 24.1 Å². The molecule has 6 rings (SSSR count). The van der Waals surface area contributed by atoms with E-state index < -0.39 is 6.04 Å². The highest BCUT2D eigenvalue weighted by molar-refractivity contribution is 7.07. The van der Waals surface area contributed by atoms with E-state index in [4.69, 9.17) is 19.2 Å². The minimum Gasteiger partial charge on any atom is -0.496 e. The van der Waals surface area contributed by atoms with Crippen LogP contribution in [0.1, 0.15) is 43.5 Å². The molecule has 7 nitrogen and oxygen atoms in total. The number of carbonyl (C=O) groups is 1. The zero-order chi connectivity index (χ0) is 31.7. The van der Waals surface area contributed by atoms with Gasteiger partial charge in [-0.1, -0.05) is 59.9 Å². The summed E-state index contributed by atoms with van der Waals surface area (Å²) in [7, 11) is 1.59. The number of fused-ring (bicyclic) bond motifs is 2. The molecule has 1 aliphatic rings. The van der Waals surface area contributed by atoms with Crippen molar-refractivity contribution in [3.63, 3.8) is 0 Å². The summed E-state index contributed by atoms with van der Waals surface area (Å²) < 4.78 is 33.0. The summed E-state index contributed by atoms with van der Waals surface area (Å²) in [5.74, 6) is 1.17. The summed E-state index contributed by atoms with van der Waals surface area (Å²) in [5, 5.41) is 1.86. The molecule has 5 aromatic rings. The lowest BCUT2D eigenvalue weighted by Gasteiger charge is -2.27. The fourth-order valence-electron chi connectivity index (χ4n) is 5.67. The molecular weight excluding hydrogens is 591 g/mol. The van der Waals surface area contributed by atoms with Gasteiger partial charge in [-0.2, -0.15) is 0 Å². The van der Waals surface area contributed by atoms with Gasteiger partial charge in [0.2, 0.25) is 0 Å². The van der Waals surface area contributed by atoms with Gasteiger partial charge in [0, 0.05) is 16.8 Å². The number of nitrogens with zero attached hydrogens (tertiary/aromatic N) is 2. The summed E-state index contributed by atoms with van der Waals surface area (Å²) in [5.41, 5.74) is 3.05. The number of methoxy groups -OCH3 is 1. The highest BCUT2D eigenvalue weighted by atomic mass is 32.1. The van der Waals surface area contributed by atoms with Gasteiger partial charge < -0.3 is 14.2 Å². The van der Waals surface area contributed by atoms with Crippen LogP contribution in [0.25, 0.3) is 16.8 Å². The van der Waals surface area contributed by atoms with E-state index in [9.17, 15) is 14.0 Å². The smallest absolute Gasteiger partial charge is 0.271 e. The minimum atomic E-state index is -0.719. The second-order valence-electron chi connectivity index (χ2n) is 10.6. The molecule has 0 spiro atoms. The van der Waals surface area contributed by atoms with E-state index in [0.717, 1.165) is 27.5 Å². The third-order valence-electron chi connectivity index (χ3n) is 7.70. The Morgan fingerprint density at radius 2 is 1.76 bits per heavy atom. The number of thiazole rings is 1. The van der Waals surface area contributed by atoms with Crippen LogP contribution in [0.2, 0.25) is 0 Å². The quantitative estimate of drug-likeness (QED) is 0.199. The fourth-order valence-corrected chi connectivity index (χ4v) is 6.72. The lowest BCUT2D eigenvalue weighted by molar-refractivity contribution is -0.114. The average Bonchev–Trinajstić information content (AvgIpc) is 3.34. The van der Waals surface area contributed by atoms with Gasteiger partial charge in [0.05, 0.1) is 24.3 Å². The summed E-state index contributed by atoms with van der Waals surface area (Å²) in [4.78, 5) is 32.5. The maximum atomic E-state index is 14.2. The lowest BCUT2D eigenvalue weighted by Crippen LogP contribution is -2.39. The summed E-state index contributed by atoms with van der Waals surface area (Å²) in [6.07, 6.45) is 1.79. The molecule has 1 unspecified atom stereocenters. The molecule has 1 aromatic heterocycles. The molecule has 1 atom stereocenters. The largest absolute Gasteiger partial charge is 0.496 e. The van der Waals surface area contributed by atoms with Gasteiger partial charge in [-0.25, -0.2) is 9.38 Å². The van der Waals surface area contributed by atoms with Crippen LogP contribution in [0.4, 0.5) is 4.39 Å². The highest BCUT2D eigenvalue weighted by Gasteiger charge is 2.33. The van der Waals surface area contributed by atoms with Crippen LogP contribution in [0.15, 0.2) is 99.9 Å². The van der Waals surface area contributed by atoms with Gasteiger partial charge in [-0.15, -0.1) is 0 Å². The third-order valence-corrected chi connectivity index (χ3v) is 8.68. The standard InChI is InChI=1S/C36H31FN2O5S/c1-5-43-30-18-24(12-16-28(30)44-20-23-10-14-26(37)15-11-23)19-31-35(41)39-34(32(22(3)40)21(2)38-36(39)45-31)33-27-9-7-6-8-25(27)13-17-29(33)42-4/h6-19,34H,5,20H2,1-4H3/b31-19-. The van der Waals surface area contributed by atoms with E-state index in [1.54, 1.807) is 42.9 Å². The molecule has 45 heavy (non-hydrogen) atoms. The molecule has 4 aromatic carbocycles. The number of halogens is 1. The maximum absolute atomic E-state index is 14.2. The summed E-state index contributed by atoms with van der Waals surface area (Å²) in [6.45, 7) is 5.85. The van der Waals surface area contributed by atoms with Gasteiger partial charge >= 0.3 is 0 Å². The first kappa shape index (κ1) is 30.0. The molecule has 0 aliphatic carbocycles. The zero-order valence-corrected chi connectivity index (χ0v) is 26.1. The van der Waals surface area contributed by atoms with Crippen molar-refractivity contribution in [2.45, 2.75) is 33.4 Å². The van der Waals surface area contributed by atoms with Crippen molar-refractivity contribution >= 4 is 34.0 Å². The lowest BCUT2D eigenvalue weighted by atomic mass is 9.89. The van der Waals surface area contributed by atoms with Crippen molar-refractivity contribution in [3.8, 4) is 17.2 Å². The number of ketones is 1. The molecule has 0 saturated carbocycles. The summed E-state index contributed by atoms with van der Waals surface area (Å²) >= 11 is 1.26. The number of carbonyl (C=O) groups excluding carboxylic acids is 1. The number of hydrogen-bond acceptors (Lipinski definition) is 7. The number of aromatic nitrogens is 1. The third kappa shape index (κ3) is 5.79. The van der Waals surface area contributed by atoms with Crippen LogP contribution in [0.3, 0.4) is 0 Å². The second-order valence-corrected chi connectivity index (χ2v) is 11.6. The Balaban J connectivity index is 1.46. The van der Waals surface area contributed by atoms with Crippen LogP contribution in [0.5, 0.6) is 17.2 Å². The molecule has 0 saturated heterocycles. The zero-order valence-electron chi connectivity index (χ0n) is 25.3. The number of rotatable bonds is 9. The Kier molecular flexibility index (Phi) is 8.36. The van der Waals surface area contributed by atoms with Crippen LogP contribution in [0, 0.1) is 5.82 Å². The highest BCUT2D eigenvalue weighted by Crippen LogP contribution is 2.40. The molecule has 9 heteroatoms. The molecule has 0 radical (unpaired) electrons. The predicted molar refractivity (Wildman–Crippen MR) is 173 cm³/mol. The van der Waals surface area contributed by atoms with Crippen molar-refractivity contribution < 1.29 is 23.4 Å². The Bertz CT molecular complexity index is 2150. The van der Waals surface area contributed by atoms with Gasteiger partial charge in [-0.05, 0) is 79.1 Å². The van der Waals surface area contributed by atoms with Crippen molar-refractivity contribution in [2.75, 3.05) is 13.7 Å². The molecule has 0 bridgehead atoms. The Hall–Kier alpha value is -5.02. The molecule has 0 fully saturated rings. The van der Waals surface area contributed by atoms with Crippen molar-refractivity contribution in [2.24, 2.45) is 4.99 Å². The van der Waals surface area contributed by atoms with E-state index in [-0.39, 0.29) is 23.8 Å². The van der Waals surface area contributed by atoms with Gasteiger partial charge in [0.15, 0.2) is 22.1 Å². The van der Waals surface area contributed by atoms with Gasteiger partial charge in [0.1, 0.15) is 18.2 Å². The van der Waals surface area contributed by atoms with Crippen LogP contribution in [-0.2, 0) is 11.4 Å². The van der Waals surface area contributed by atoms with Crippen LogP contribution < -0.4 is 29.1 Å². The number of allylic oxidation sites excluding steroid dienone is 2. The first-order valence-corrected chi connectivity index (χ1v) is 15.3. The van der Waals surface area contributed by atoms with E-state index >= 15 is 0 Å². The maximum Gasteiger partial charge on any atom is 0.271 e. The number of Topliss-reactive ketones (excluding diaryl/α,β-unsaturated/α-hetero) is 1. The van der Waals surface area contributed by atoms with Crippen LogP contribution >= 0.6 is 11.3 Å². The molecule has 0 N–H and O–H groups in total. The molecule has 1 aliphatic heterocycles. The van der Waals surface area contributed by atoms with E-state index in [0.29, 0.717) is 44.5 Å². The SMILES string of the molecule is CCOc1cc(/C=c2\sc3n(c2=O)C(c2c(OC)ccc4ccccc24)C(C(C)=O)=C(C)N=3)ccc1OCc1ccc(F)cc1. The first-order valence-electron chi connectivity index (χ1n) is 14.5. The summed E-state index contributed by atoms with van der Waals surface area (Å²) in [6, 6.07) is 22.6. The number of hydrogen-bond donors (Lipinski definition) is 0. The number of benzene rings is 4.